The SMILES string of the molecule is COc1ccc(N2C(=O)C[C@H](N3CCN(c4ccccn4)CC3)C2=O)cc1. The van der Waals surface area contributed by atoms with Gasteiger partial charge in [-0.15, -0.1) is 0 Å². The van der Waals surface area contributed by atoms with Crippen LogP contribution in [0.1, 0.15) is 6.42 Å². The number of piperazine rings is 1. The predicted octanol–water partition coefficient (Wildman–Crippen LogP) is 1.54. The summed E-state index contributed by atoms with van der Waals surface area (Å²) in [4.78, 5) is 35.4. The summed E-state index contributed by atoms with van der Waals surface area (Å²) in [5.41, 5.74) is 0.598. The molecule has 2 amide bonds. The number of imide groups is 1. The van der Waals surface area contributed by atoms with E-state index in [1.807, 2.05) is 18.2 Å². The van der Waals surface area contributed by atoms with Crippen molar-refractivity contribution in [2.75, 3.05) is 43.1 Å². The van der Waals surface area contributed by atoms with Gasteiger partial charge < -0.3 is 9.64 Å². The summed E-state index contributed by atoms with van der Waals surface area (Å²) in [5.74, 6) is 1.35. The van der Waals surface area contributed by atoms with Gasteiger partial charge in [0.05, 0.1) is 25.3 Å². The number of pyridine rings is 1. The molecular weight excluding hydrogens is 344 g/mol. The number of hydrogen-bond acceptors (Lipinski definition) is 6. The third-order valence-electron chi connectivity index (χ3n) is 5.18. The number of aromatic nitrogens is 1. The molecule has 0 N–H and O–H groups in total. The van der Waals surface area contributed by atoms with Gasteiger partial charge in [-0.1, -0.05) is 6.07 Å². The van der Waals surface area contributed by atoms with Gasteiger partial charge in [-0.3, -0.25) is 14.5 Å². The van der Waals surface area contributed by atoms with E-state index in [2.05, 4.69) is 14.8 Å². The first-order valence-corrected chi connectivity index (χ1v) is 9.08. The number of benzene rings is 1. The summed E-state index contributed by atoms with van der Waals surface area (Å²) in [6.07, 6.45) is 2.02. The molecule has 0 aliphatic carbocycles. The zero-order valence-corrected chi connectivity index (χ0v) is 15.2. The van der Waals surface area contributed by atoms with E-state index >= 15 is 0 Å². The average molecular weight is 366 g/mol. The minimum absolute atomic E-state index is 0.142. The summed E-state index contributed by atoms with van der Waals surface area (Å²) in [6.45, 7) is 3.04. The first-order chi connectivity index (χ1) is 13.2. The monoisotopic (exact) mass is 366 g/mol. The van der Waals surface area contributed by atoms with Crippen molar-refractivity contribution in [3.8, 4) is 5.75 Å². The summed E-state index contributed by atoms with van der Waals surface area (Å²) < 4.78 is 5.14. The fraction of sp³-hybridized carbons (Fsp3) is 0.350. The standard InChI is InChI=1S/C20H22N4O3/c1-27-16-7-5-15(6-8-16)24-19(25)14-17(20(24)26)22-10-12-23(13-11-22)18-4-2-3-9-21-18/h2-9,17H,10-14H2,1H3/t17-/m0/s1. The van der Waals surface area contributed by atoms with Gasteiger partial charge >= 0.3 is 0 Å². The van der Waals surface area contributed by atoms with Crippen molar-refractivity contribution in [1.82, 2.24) is 9.88 Å². The molecule has 1 atom stereocenters. The highest BCUT2D eigenvalue weighted by molar-refractivity contribution is 6.22. The number of nitrogens with zero attached hydrogens (tertiary/aromatic N) is 4. The Morgan fingerprint density at radius 1 is 1.00 bits per heavy atom. The number of methoxy groups -OCH3 is 1. The first-order valence-electron chi connectivity index (χ1n) is 9.08. The minimum atomic E-state index is -0.384. The Bertz CT molecular complexity index is 817. The molecule has 0 radical (unpaired) electrons. The van der Waals surface area contributed by atoms with Crippen LogP contribution in [-0.2, 0) is 9.59 Å². The molecule has 1 aromatic heterocycles. The third-order valence-corrected chi connectivity index (χ3v) is 5.18. The lowest BCUT2D eigenvalue weighted by Crippen LogP contribution is -2.52. The Kier molecular flexibility index (Phi) is 4.77. The highest BCUT2D eigenvalue weighted by Crippen LogP contribution is 2.28. The number of rotatable bonds is 4. The second-order valence-electron chi connectivity index (χ2n) is 6.70. The lowest BCUT2D eigenvalue weighted by molar-refractivity contribution is -0.123. The van der Waals surface area contributed by atoms with Crippen LogP contribution in [0.5, 0.6) is 5.75 Å². The van der Waals surface area contributed by atoms with Crippen molar-refractivity contribution in [3.05, 3.63) is 48.7 Å². The van der Waals surface area contributed by atoms with Gasteiger partial charge in [0.1, 0.15) is 11.6 Å². The van der Waals surface area contributed by atoms with Gasteiger partial charge in [0.15, 0.2) is 0 Å². The van der Waals surface area contributed by atoms with Crippen LogP contribution in [0.2, 0.25) is 0 Å². The molecule has 4 rings (SSSR count). The molecule has 7 heteroatoms. The Labute approximate surface area is 158 Å². The maximum absolute atomic E-state index is 12.9. The van der Waals surface area contributed by atoms with Crippen molar-refractivity contribution < 1.29 is 14.3 Å². The lowest BCUT2D eigenvalue weighted by Gasteiger charge is -2.37. The Morgan fingerprint density at radius 2 is 1.74 bits per heavy atom. The average Bonchev–Trinajstić information content (AvgIpc) is 3.03. The zero-order valence-electron chi connectivity index (χ0n) is 15.2. The fourth-order valence-corrected chi connectivity index (χ4v) is 3.71. The molecule has 0 spiro atoms. The van der Waals surface area contributed by atoms with E-state index in [-0.39, 0.29) is 24.3 Å². The molecule has 0 unspecified atom stereocenters. The van der Waals surface area contributed by atoms with Crippen LogP contribution in [0.15, 0.2) is 48.7 Å². The van der Waals surface area contributed by atoms with Crippen LogP contribution in [0.3, 0.4) is 0 Å². The van der Waals surface area contributed by atoms with Crippen molar-refractivity contribution in [2.24, 2.45) is 0 Å². The molecule has 27 heavy (non-hydrogen) atoms. The van der Waals surface area contributed by atoms with Crippen LogP contribution in [0.25, 0.3) is 0 Å². The van der Waals surface area contributed by atoms with Crippen molar-refractivity contribution >= 4 is 23.3 Å². The van der Waals surface area contributed by atoms with Crippen LogP contribution in [-0.4, -0.2) is 61.0 Å². The fourth-order valence-electron chi connectivity index (χ4n) is 3.71. The topological polar surface area (TPSA) is 66.0 Å². The smallest absolute Gasteiger partial charge is 0.251 e. The number of anilines is 2. The summed E-state index contributed by atoms with van der Waals surface area (Å²) in [6, 6.07) is 12.5. The van der Waals surface area contributed by atoms with E-state index in [1.165, 1.54) is 4.90 Å². The maximum atomic E-state index is 12.9. The number of carbonyl (C=O) groups excluding carboxylic acids is 2. The Balaban J connectivity index is 1.43. The first kappa shape index (κ1) is 17.5. The van der Waals surface area contributed by atoms with E-state index < -0.39 is 0 Å². The molecular formula is C20H22N4O3. The number of amides is 2. The molecule has 140 valence electrons. The lowest BCUT2D eigenvalue weighted by atomic mass is 10.1. The molecule has 0 bridgehead atoms. The van der Waals surface area contributed by atoms with Crippen LogP contribution in [0.4, 0.5) is 11.5 Å². The molecule has 3 heterocycles. The molecule has 1 aromatic carbocycles. The molecule has 2 saturated heterocycles. The highest BCUT2D eigenvalue weighted by atomic mass is 16.5. The van der Waals surface area contributed by atoms with Crippen LogP contribution in [0, 0.1) is 0 Å². The van der Waals surface area contributed by atoms with Crippen molar-refractivity contribution in [1.29, 1.82) is 0 Å². The third kappa shape index (κ3) is 3.38. The zero-order chi connectivity index (χ0) is 18.8. The predicted molar refractivity (Wildman–Crippen MR) is 102 cm³/mol. The van der Waals surface area contributed by atoms with Gasteiger partial charge in [0.2, 0.25) is 5.91 Å². The molecule has 2 aliphatic heterocycles. The molecule has 2 aromatic rings. The molecule has 0 saturated carbocycles. The second kappa shape index (κ2) is 7.36. The van der Waals surface area contributed by atoms with Gasteiger partial charge in [-0.05, 0) is 36.4 Å². The highest BCUT2D eigenvalue weighted by Gasteiger charge is 2.43. The molecule has 2 aliphatic rings. The summed E-state index contributed by atoms with van der Waals surface area (Å²) in [7, 11) is 1.59. The summed E-state index contributed by atoms with van der Waals surface area (Å²) in [5, 5.41) is 0. The quantitative estimate of drug-likeness (QED) is 0.765. The summed E-state index contributed by atoms with van der Waals surface area (Å²) >= 11 is 0. The second-order valence-corrected chi connectivity index (χ2v) is 6.70. The van der Waals surface area contributed by atoms with Crippen molar-refractivity contribution in [3.63, 3.8) is 0 Å². The van der Waals surface area contributed by atoms with Crippen LogP contribution < -0.4 is 14.5 Å². The number of ether oxygens (including phenoxy) is 1. The van der Waals surface area contributed by atoms with E-state index in [0.717, 1.165) is 32.0 Å². The van der Waals surface area contributed by atoms with Crippen molar-refractivity contribution in [2.45, 2.75) is 12.5 Å². The minimum Gasteiger partial charge on any atom is -0.497 e. The van der Waals surface area contributed by atoms with Gasteiger partial charge in [0.25, 0.3) is 5.91 Å². The Morgan fingerprint density at radius 3 is 2.37 bits per heavy atom. The maximum Gasteiger partial charge on any atom is 0.251 e. The van der Waals surface area contributed by atoms with E-state index in [4.69, 9.17) is 4.74 Å². The van der Waals surface area contributed by atoms with Gasteiger partial charge in [0, 0.05) is 32.4 Å². The molecule has 2 fully saturated rings. The largest absolute Gasteiger partial charge is 0.497 e. The van der Waals surface area contributed by atoms with Gasteiger partial charge in [-0.25, -0.2) is 9.88 Å². The van der Waals surface area contributed by atoms with E-state index in [1.54, 1.807) is 37.6 Å². The Hall–Kier alpha value is -2.93. The van der Waals surface area contributed by atoms with E-state index in [0.29, 0.717) is 11.4 Å². The van der Waals surface area contributed by atoms with Crippen LogP contribution >= 0.6 is 0 Å². The number of carbonyl (C=O) groups is 2. The van der Waals surface area contributed by atoms with E-state index in [9.17, 15) is 9.59 Å². The number of hydrogen-bond donors (Lipinski definition) is 0. The molecule has 7 nitrogen and oxygen atoms in total. The van der Waals surface area contributed by atoms with Gasteiger partial charge in [-0.2, -0.15) is 0 Å². The normalized spacial score (nSPS) is 21.0.